The molecule has 0 atom stereocenters. The average Bonchev–Trinajstić information content (AvgIpc) is 2.36. The highest BCUT2D eigenvalue weighted by Gasteiger charge is 2.03. The van der Waals surface area contributed by atoms with Crippen LogP contribution >= 0.6 is 27.5 Å². The normalized spacial score (nSPS) is 10.6. The number of fused-ring (bicyclic) bond motifs is 1. The molecular weight excluding hydrogens is 314 g/mol. The van der Waals surface area contributed by atoms with Crippen molar-refractivity contribution in [2.45, 2.75) is 12.8 Å². The van der Waals surface area contributed by atoms with Crippen molar-refractivity contribution in [2.24, 2.45) is 0 Å². The van der Waals surface area contributed by atoms with Crippen molar-refractivity contribution < 1.29 is 4.79 Å². The van der Waals surface area contributed by atoms with Crippen molar-refractivity contribution in [3.8, 4) is 0 Å². The lowest BCUT2D eigenvalue weighted by atomic mass is 10.1. The van der Waals surface area contributed by atoms with Crippen LogP contribution in [-0.2, 0) is 4.79 Å². The predicted molar refractivity (Wildman–Crippen MR) is 80.2 cm³/mol. The quantitative estimate of drug-likeness (QED) is 0.820. The number of carbonyl (C=O) groups is 1. The zero-order chi connectivity index (χ0) is 13.0. The maximum atomic E-state index is 11.6. The van der Waals surface area contributed by atoms with Crippen LogP contribution in [0.5, 0.6) is 0 Å². The highest BCUT2D eigenvalue weighted by atomic mass is 79.9. The summed E-state index contributed by atoms with van der Waals surface area (Å²) in [5.41, 5.74) is 0.824. The van der Waals surface area contributed by atoms with Crippen molar-refractivity contribution in [3.63, 3.8) is 0 Å². The number of benzene rings is 2. The van der Waals surface area contributed by atoms with Gasteiger partial charge in [-0.05, 0) is 41.5 Å². The molecule has 0 aliphatic carbocycles. The fourth-order valence-corrected chi connectivity index (χ4v) is 2.26. The summed E-state index contributed by atoms with van der Waals surface area (Å²) in [6.07, 6.45) is 1.16. The maximum Gasteiger partial charge on any atom is 0.224 e. The van der Waals surface area contributed by atoms with E-state index in [-0.39, 0.29) is 5.91 Å². The molecule has 18 heavy (non-hydrogen) atoms. The molecule has 0 radical (unpaired) electrons. The fraction of sp³-hybridized carbons (Fsp3) is 0.214. The zero-order valence-corrected chi connectivity index (χ0v) is 12.1. The fourth-order valence-electron chi connectivity index (χ4n) is 1.75. The van der Waals surface area contributed by atoms with Crippen molar-refractivity contribution in [3.05, 3.63) is 40.9 Å². The van der Waals surface area contributed by atoms with Gasteiger partial charge in [0.1, 0.15) is 0 Å². The molecule has 0 saturated heterocycles. The number of halogens is 2. The number of hydrogen-bond acceptors (Lipinski definition) is 1. The SMILES string of the molecule is O=C(CCCCl)Nc1ccc2cc(Br)ccc2c1. The lowest BCUT2D eigenvalue weighted by Gasteiger charge is -2.06. The van der Waals surface area contributed by atoms with Crippen LogP contribution in [0, 0.1) is 0 Å². The second kappa shape index (κ2) is 6.21. The Balaban J connectivity index is 2.15. The molecule has 0 aliphatic heterocycles. The third kappa shape index (κ3) is 3.47. The molecule has 2 aromatic rings. The van der Waals surface area contributed by atoms with E-state index < -0.39 is 0 Å². The lowest BCUT2D eigenvalue weighted by molar-refractivity contribution is -0.116. The predicted octanol–water partition coefficient (Wildman–Crippen LogP) is 4.56. The Bertz CT molecular complexity index is 571. The smallest absolute Gasteiger partial charge is 0.224 e. The summed E-state index contributed by atoms with van der Waals surface area (Å²) in [5, 5.41) is 5.12. The van der Waals surface area contributed by atoms with Gasteiger partial charge in [0.15, 0.2) is 0 Å². The lowest BCUT2D eigenvalue weighted by Crippen LogP contribution is -2.11. The first-order valence-corrected chi connectivity index (χ1v) is 7.07. The first-order chi connectivity index (χ1) is 8.69. The Kier molecular flexibility index (Phi) is 4.61. The Morgan fingerprint density at radius 3 is 2.67 bits per heavy atom. The molecule has 0 heterocycles. The largest absolute Gasteiger partial charge is 0.326 e. The first-order valence-electron chi connectivity index (χ1n) is 5.74. The van der Waals surface area contributed by atoms with Crippen LogP contribution in [0.15, 0.2) is 40.9 Å². The van der Waals surface area contributed by atoms with Gasteiger partial charge in [-0.15, -0.1) is 11.6 Å². The Hall–Kier alpha value is -1.06. The van der Waals surface area contributed by atoms with Gasteiger partial charge in [-0.1, -0.05) is 28.1 Å². The van der Waals surface area contributed by atoms with Gasteiger partial charge in [-0.2, -0.15) is 0 Å². The minimum Gasteiger partial charge on any atom is -0.326 e. The van der Waals surface area contributed by atoms with Gasteiger partial charge >= 0.3 is 0 Å². The molecule has 2 rings (SSSR count). The van der Waals surface area contributed by atoms with Crippen LogP contribution in [-0.4, -0.2) is 11.8 Å². The monoisotopic (exact) mass is 325 g/mol. The first kappa shape index (κ1) is 13.4. The van der Waals surface area contributed by atoms with Crippen molar-refractivity contribution >= 4 is 49.9 Å². The number of anilines is 1. The van der Waals surface area contributed by atoms with Crippen LogP contribution in [0.1, 0.15) is 12.8 Å². The van der Waals surface area contributed by atoms with Gasteiger partial charge in [0.2, 0.25) is 5.91 Å². The number of amides is 1. The Morgan fingerprint density at radius 1 is 1.17 bits per heavy atom. The molecule has 0 aliphatic rings. The molecule has 0 unspecified atom stereocenters. The molecule has 0 saturated carbocycles. The molecule has 1 N–H and O–H groups in total. The summed E-state index contributed by atoms with van der Waals surface area (Å²) < 4.78 is 1.05. The molecule has 0 aromatic heterocycles. The van der Waals surface area contributed by atoms with Gasteiger partial charge in [0.25, 0.3) is 0 Å². The highest BCUT2D eigenvalue weighted by molar-refractivity contribution is 9.10. The van der Waals surface area contributed by atoms with Crippen molar-refractivity contribution in [2.75, 3.05) is 11.2 Å². The summed E-state index contributed by atoms with van der Waals surface area (Å²) in [6.45, 7) is 0. The van der Waals surface area contributed by atoms with Crippen molar-refractivity contribution in [1.29, 1.82) is 0 Å². The van der Waals surface area contributed by atoms with Crippen LogP contribution in [0.2, 0.25) is 0 Å². The molecular formula is C14H13BrClNO. The molecule has 2 nitrogen and oxygen atoms in total. The summed E-state index contributed by atoms with van der Waals surface area (Å²) >= 11 is 8.99. The van der Waals surface area contributed by atoms with Gasteiger partial charge in [-0.3, -0.25) is 4.79 Å². The third-order valence-corrected chi connectivity index (χ3v) is 3.38. The highest BCUT2D eigenvalue weighted by Crippen LogP contribution is 2.23. The van der Waals surface area contributed by atoms with E-state index in [0.717, 1.165) is 20.9 Å². The Labute approximate surface area is 119 Å². The minimum atomic E-state index is 0.00658. The number of rotatable bonds is 4. The second-order valence-electron chi connectivity index (χ2n) is 4.05. The standard InChI is InChI=1S/C14H13BrClNO/c15-12-5-3-11-9-13(6-4-10(11)8-12)17-14(18)2-1-7-16/h3-6,8-9H,1-2,7H2,(H,17,18). The van der Waals surface area contributed by atoms with Crippen LogP contribution in [0.25, 0.3) is 10.8 Å². The van der Waals surface area contributed by atoms with E-state index in [1.54, 1.807) is 0 Å². The van der Waals surface area contributed by atoms with Gasteiger partial charge in [0.05, 0.1) is 0 Å². The van der Waals surface area contributed by atoms with E-state index in [9.17, 15) is 4.79 Å². The number of hydrogen-bond donors (Lipinski definition) is 1. The molecule has 1 amide bonds. The van der Waals surface area contributed by atoms with Crippen LogP contribution < -0.4 is 5.32 Å². The second-order valence-corrected chi connectivity index (χ2v) is 5.34. The summed E-state index contributed by atoms with van der Waals surface area (Å²) in [7, 11) is 0. The van der Waals surface area contributed by atoms with E-state index >= 15 is 0 Å². The number of alkyl halides is 1. The molecule has 0 fully saturated rings. The third-order valence-electron chi connectivity index (χ3n) is 2.62. The van der Waals surface area contributed by atoms with Gasteiger partial charge < -0.3 is 5.32 Å². The molecule has 0 spiro atoms. The van der Waals surface area contributed by atoms with E-state index in [0.29, 0.717) is 18.7 Å². The molecule has 0 bridgehead atoms. The van der Waals surface area contributed by atoms with E-state index in [1.165, 1.54) is 0 Å². The van der Waals surface area contributed by atoms with Gasteiger partial charge in [0, 0.05) is 22.5 Å². The molecule has 4 heteroatoms. The number of carbonyl (C=O) groups excluding carboxylic acids is 1. The van der Waals surface area contributed by atoms with E-state index in [1.807, 2.05) is 30.3 Å². The molecule has 2 aromatic carbocycles. The number of nitrogens with one attached hydrogen (secondary N) is 1. The summed E-state index contributed by atoms with van der Waals surface area (Å²) in [5.74, 6) is 0.520. The van der Waals surface area contributed by atoms with Crippen LogP contribution in [0.3, 0.4) is 0 Å². The van der Waals surface area contributed by atoms with E-state index in [2.05, 4.69) is 27.3 Å². The summed E-state index contributed by atoms with van der Waals surface area (Å²) in [4.78, 5) is 11.6. The van der Waals surface area contributed by atoms with Crippen molar-refractivity contribution in [1.82, 2.24) is 0 Å². The van der Waals surface area contributed by atoms with E-state index in [4.69, 9.17) is 11.6 Å². The topological polar surface area (TPSA) is 29.1 Å². The summed E-state index contributed by atoms with van der Waals surface area (Å²) in [6, 6.07) is 11.9. The average molecular weight is 327 g/mol. The minimum absolute atomic E-state index is 0.00658. The van der Waals surface area contributed by atoms with Gasteiger partial charge in [-0.25, -0.2) is 0 Å². The zero-order valence-electron chi connectivity index (χ0n) is 9.75. The van der Waals surface area contributed by atoms with Crippen LogP contribution in [0.4, 0.5) is 5.69 Å². The maximum absolute atomic E-state index is 11.6. The Morgan fingerprint density at radius 2 is 1.89 bits per heavy atom. The molecule has 94 valence electrons.